The number of nitrogens with zero attached hydrogens (tertiary/aromatic N) is 8. The zero-order chi connectivity index (χ0) is 55.7. The summed E-state index contributed by atoms with van der Waals surface area (Å²) in [6.45, 7) is 9.48. The first-order chi connectivity index (χ1) is 38.1. The van der Waals surface area contributed by atoms with Crippen molar-refractivity contribution in [3.05, 3.63) is 147 Å². The lowest BCUT2D eigenvalue weighted by atomic mass is 9.93. The minimum atomic E-state index is -0.635. The van der Waals surface area contributed by atoms with Gasteiger partial charge in [0, 0.05) is 67.0 Å². The van der Waals surface area contributed by atoms with Gasteiger partial charge in [-0.15, -0.1) is 0 Å². The number of carbonyl (C=O) groups excluding carboxylic acids is 4. The highest BCUT2D eigenvalue weighted by molar-refractivity contribution is 6.30. The molecule has 2 bridgehead atoms. The van der Waals surface area contributed by atoms with Crippen molar-refractivity contribution in [3.63, 3.8) is 0 Å². The maximum atomic E-state index is 15.1. The topological polar surface area (TPSA) is 194 Å². The number of ether oxygens (including phenoxy) is 5. The number of nitrogens with one attached hydrogen (secondary N) is 2. The van der Waals surface area contributed by atoms with Gasteiger partial charge in [0.15, 0.2) is 5.65 Å². The summed E-state index contributed by atoms with van der Waals surface area (Å²) in [4.78, 5) is 72.2. The number of methoxy groups -OCH3 is 1. The van der Waals surface area contributed by atoms with Gasteiger partial charge < -0.3 is 49.0 Å². The van der Waals surface area contributed by atoms with E-state index in [-0.39, 0.29) is 108 Å². The van der Waals surface area contributed by atoms with Crippen LogP contribution in [-0.2, 0) is 19.1 Å². The Morgan fingerprint density at radius 1 is 0.861 bits per heavy atom. The predicted molar refractivity (Wildman–Crippen MR) is 296 cm³/mol. The molecule has 5 amide bonds. The van der Waals surface area contributed by atoms with Gasteiger partial charge in [-0.3, -0.25) is 24.3 Å². The van der Waals surface area contributed by atoms with Gasteiger partial charge in [-0.25, -0.2) is 18.7 Å². The van der Waals surface area contributed by atoms with Crippen molar-refractivity contribution < 1.29 is 47.3 Å². The van der Waals surface area contributed by atoms with Crippen molar-refractivity contribution in [2.45, 2.75) is 64.4 Å². The van der Waals surface area contributed by atoms with Crippen LogP contribution in [0, 0.1) is 5.82 Å². The predicted octanol–water partition coefficient (Wildman–Crippen LogP) is 8.42. The lowest BCUT2D eigenvalue weighted by Crippen LogP contribution is -2.56. The van der Waals surface area contributed by atoms with Crippen LogP contribution in [0.3, 0.4) is 0 Å². The van der Waals surface area contributed by atoms with E-state index in [1.54, 1.807) is 81.4 Å². The number of fused-ring (bicyclic) bond motifs is 2. The second kappa shape index (κ2) is 25.5. The molecule has 4 aromatic carbocycles. The lowest BCUT2D eigenvalue weighted by Gasteiger charge is -2.38. The zero-order valence-corrected chi connectivity index (χ0v) is 46.1. The second-order valence-electron chi connectivity index (χ2n) is 19.6. The van der Waals surface area contributed by atoms with Crippen molar-refractivity contribution in [2.24, 2.45) is 4.99 Å². The fourth-order valence-electron chi connectivity index (χ4n) is 9.74. The summed E-state index contributed by atoms with van der Waals surface area (Å²) in [5.74, 6) is 1.13. The van der Waals surface area contributed by atoms with Crippen molar-refractivity contribution in [2.75, 3.05) is 84.7 Å². The van der Waals surface area contributed by atoms with Crippen molar-refractivity contribution in [3.8, 4) is 17.2 Å². The molecule has 0 radical (unpaired) electrons. The number of amidine groups is 1. The monoisotopic (exact) mass is 1120 g/mol. The van der Waals surface area contributed by atoms with Crippen molar-refractivity contribution >= 4 is 64.3 Å². The van der Waals surface area contributed by atoms with Gasteiger partial charge in [-0.1, -0.05) is 47.5 Å². The van der Waals surface area contributed by atoms with Gasteiger partial charge >= 0.3 is 6.03 Å². The molecule has 1 saturated heterocycles. The second-order valence-corrected chi connectivity index (χ2v) is 20.5. The summed E-state index contributed by atoms with van der Waals surface area (Å²) < 4.78 is 45.6. The molecule has 0 aliphatic carbocycles. The standard InChI is InChI=1S/C57H63Cl2FN10O9/c1-35(2)78-48-31-43(75-5)15-16-44(48)55-65-52(38-6-10-40(58)11-7-38)53(39-8-12-41(59)13-9-39)70(55)57(74)68-24-23-66(51(72)34-68)25-27-77-29-28-76-26-19-50(71)61-20-22-67-33-36(3)79-47-17-14-42(60)30-45(47)37(4)63-49-18-21-69-54(64-49)46(32-62-69)56(67)73/h6-18,21,30-32,35-37,52-53H,19-20,22-29,33-34H2,1-5H3,(H,61,71)(H,63,64)/t36-,37-,52+,53-/m0/s1. The maximum absolute atomic E-state index is 15.1. The minimum absolute atomic E-state index is 0.0736. The Kier molecular flexibility index (Phi) is 18.2. The molecule has 9 rings (SSSR count). The maximum Gasteiger partial charge on any atom is 0.326 e. The van der Waals surface area contributed by atoms with Gasteiger partial charge in [0.2, 0.25) is 11.8 Å². The van der Waals surface area contributed by atoms with Crippen LogP contribution in [0.25, 0.3) is 5.65 Å². The van der Waals surface area contributed by atoms with E-state index in [0.29, 0.717) is 62.3 Å². The molecule has 3 aliphatic rings. The number of anilines is 1. The number of aliphatic imine (C=N–C) groups is 1. The molecule has 2 aromatic heterocycles. The number of piperazine rings is 1. The first-order valence-corrected chi connectivity index (χ1v) is 27.0. The summed E-state index contributed by atoms with van der Waals surface area (Å²) >= 11 is 12.7. The SMILES string of the molecule is COc1ccc(C2=N[C@H](c3ccc(Cl)cc3)[C@H](c3ccc(Cl)cc3)N2C(=O)N2CCN(CCOCCOCCC(=O)NCCN3C[C@H](C)Oc4ccc(F)cc4[C@H](C)Nc4ccn5ncc(c5n4)C3=O)C(=O)C2)c(OC(C)C)c1. The summed E-state index contributed by atoms with van der Waals surface area (Å²) in [5.41, 5.74) is 3.42. The Morgan fingerprint density at radius 3 is 2.32 bits per heavy atom. The van der Waals surface area contributed by atoms with E-state index in [1.807, 2.05) is 58.0 Å². The quantitative estimate of drug-likeness (QED) is 0.0782. The van der Waals surface area contributed by atoms with Crippen molar-refractivity contribution in [1.29, 1.82) is 0 Å². The van der Waals surface area contributed by atoms with Crippen LogP contribution >= 0.6 is 23.2 Å². The van der Waals surface area contributed by atoms with E-state index in [9.17, 15) is 18.8 Å². The number of hydrogen-bond acceptors (Lipinski definition) is 13. The molecule has 22 heteroatoms. The number of rotatable bonds is 18. The number of aromatic nitrogens is 3. The molecule has 19 nitrogen and oxygen atoms in total. The third kappa shape index (κ3) is 13.5. The highest BCUT2D eigenvalue weighted by Gasteiger charge is 2.46. The van der Waals surface area contributed by atoms with Crippen LogP contribution in [0.4, 0.5) is 15.0 Å². The van der Waals surface area contributed by atoms with Crippen LogP contribution in [0.2, 0.25) is 10.0 Å². The van der Waals surface area contributed by atoms with Gasteiger partial charge in [0.25, 0.3) is 5.91 Å². The molecule has 79 heavy (non-hydrogen) atoms. The molecule has 4 atom stereocenters. The summed E-state index contributed by atoms with van der Waals surface area (Å²) in [6.07, 6.45) is 2.52. The van der Waals surface area contributed by atoms with E-state index < -0.39 is 30.0 Å². The first-order valence-electron chi connectivity index (χ1n) is 26.2. The van der Waals surface area contributed by atoms with E-state index >= 15 is 4.79 Å². The summed E-state index contributed by atoms with van der Waals surface area (Å²) in [7, 11) is 1.57. The average Bonchev–Trinajstić information content (AvgIpc) is 4.29. The zero-order valence-electron chi connectivity index (χ0n) is 44.6. The van der Waals surface area contributed by atoms with E-state index in [2.05, 4.69) is 20.7 Å². The van der Waals surface area contributed by atoms with E-state index in [0.717, 1.165) is 11.1 Å². The highest BCUT2D eigenvalue weighted by Crippen LogP contribution is 2.46. The molecule has 2 N–H and O–H groups in total. The summed E-state index contributed by atoms with van der Waals surface area (Å²) in [6, 6.07) is 24.2. The molecule has 1 fully saturated rings. The number of urea groups is 1. The average molecular weight is 1120 g/mol. The smallest absolute Gasteiger partial charge is 0.326 e. The summed E-state index contributed by atoms with van der Waals surface area (Å²) in [5, 5.41) is 11.6. The highest BCUT2D eigenvalue weighted by atomic mass is 35.5. The third-order valence-electron chi connectivity index (χ3n) is 13.6. The Labute approximate surface area is 467 Å². The minimum Gasteiger partial charge on any atom is -0.497 e. The Balaban J connectivity index is 0.753. The van der Waals surface area contributed by atoms with E-state index in [4.69, 9.17) is 51.9 Å². The number of halogens is 3. The molecule has 416 valence electrons. The van der Waals surface area contributed by atoms with Gasteiger partial charge in [-0.05, 0) is 99.5 Å². The lowest BCUT2D eigenvalue weighted by molar-refractivity contribution is -0.135. The van der Waals surface area contributed by atoms with Crippen LogP contribution in [-0.4, -0.2) is 155 Å². The van der Waals surface area contributed by atoms with Crippen LogP contribution in [0.1, 0.15) is 84.9 Å². The number of benzene rings is 4. The first kappa shape index (κ1) is 56.2. The molecule has 6 aromatic rings. The molecule has 5 heterocycles. The Hall–Kier alpha value is -7.52. The molecule has 0 unspecified atom stereocenters. The Morgan fingerprint density at radius 2 is 1.59 bits per heavy atom. The molecular formula is C57H63Cl2FN10O9. The Bertz CT molecular complexity index is 3180. The van der Waals surface area contributed by atoms with Crippen LogP contribution in [0.5, 0.6) is 17.2 Å². The molecular weight excluding hydrogens is 1060 g/mol. The molecule has 3 aliphatic heterocycles. The normalized spacial score (nSPS) is 18.6. The fourth-order valence-corrected chi connectivity index (χ4v) is 9.99. The number of carbonyl (C=O) groups is 4. The molecule has 0 spiro atoms. The van der Waals surface area contributed by atoms with E-state index in [1.165, 1.54) is 22.8 Å². The number of hydrogen-bond donors (Lipinski definition) is 2. The van der Waals surface area contributed by atoms with Gasteiger partial charge in [-0.2, -0.15) is 5.10 Å². The van der Waals surface area contributed by atoms with Gasteiger partial charge in [0.1, 0.15) is 59.0 Å². The van der Waals surface area contributed by atoms with Gasteiger partial charge in [0.05, 0.1) is 70.0 Å². The van der Waals surface area contributed by atoms with Crippen LogP contribution < -0.4 is 24.8 Å². The third-order valence-corrected chi connectivity index (χ3v) is 14.1. The number of amides is 5. The van der Waals surface area contributed by atoms with Crippen molar-refractivity contribution in [1.82, 2.24) is 39.5 Å². The van der Waals surface area contributed by atoms with Crippen LogP contribution in [0.15, 0.2) is 108 Å². The fraction of sp³-hybridized carbons (Fsp3) is 0.386. The largest absolute Gasteiger partial charge is 0.497 e. The molecule has 0 saturated carbocycles.